The number of carboxylic acid groups (broad SMARTS) is 1. The van der Waals surface area contributed by atoms with Crippen LogP contribution in [-0.2, 0) is 9.59 Å². The summed E-state index contributed by atoms with van der Waals surface area (Å²) in [6, 6.07) is 9.22. The number of carbonyl (C=O) groups is 2. The van der Waals surface area contributed by atoms with E-state index in [1.807, 2.05) is 36.5 Å². The van der Waals surface area contributed by atoms with E-state index in [1.54, 1.807) is 10.9 Å². The number of rotatable bonds is 4. The number of carboxylic acids is 1. The van der Waals surface area contributed by atoms with Crippen LogP contribution >= 0.6 is 0 Å². The topological polar surface area (TPSA) is 84.2 Å². The third kappa shape index (κ3) is 3.00. The Morgan fingerprint density at radius 1 is 1.18 bits per heavy atom. The lowest BCUT2D eigenvalue weighted by Crippen LogP contribution is -2.21. The lowest BCUT2D eigenvalue weighted by Gasteiger charge is -2.11. The average molecular weight is 299 g/mol. The number of nitrogens with zero attached hydrogens (tertiary/aromatic N) is 2. The summed E-state index contributed by atoms with van der Waals surface area (Å²) in [4.78, 5) is 23.1. The van der Waals surface area contributed by atoms with E-state index in [0.717, 1.165) is 5.69 Å². The van der Waals surface area contributed by atoms with Gasteiger partial charge in [0.1, 0.15) is 0 Å². The van der Waals surface area contributed by atoms with Gasteiger partial charge in [0, 0.05) is 24.0 Å². The Labute approximate surface area is 127 Å². The first-order chi connectivity index (χ1) is 10.6. The molecule has 0 saturated heterocycles. The van der Waals surface area contributed by atoms with E-state index >= 15 is 0 Å². The van der Waals surface area contributed by atoms with Crippen molar-refractivity contribution in [3.05, 3.63) is 42.7 Å². The van der Waals surface area contributed by atoms with E-state index < -0.39 is 11.9 Å². The molecule has 22 heavy (non-hydrogen) atoms. The molecule has 1 aliphatic rings. The predicted octanol–water partition coefficient (Wildman–Crippen LogP) is 2.31. The zero-order chi connectivity index (χ0) is 15.5. The zero-order valence-electron chi connectivity index (χ0n) is 12.0. The van der Waals surface area contributed by atoms with E-state index in [1.165, 1.54) is 0 Å². The minimum atomic E-state index is -0.807. The Balaban J connectivity index is 1.61. The maximum absolute atomic E-state index is 12.2. The monoisotopic (exact) mass is 299 g/mol. The highest BCUT2D eigenvalue weighted by atomic mass is 16.4. The van der Waals surface area contributed by atoms with Crippen LogP contribution in [0, 0.1) is 11.8 Å². The fourth-order valence-corrected chi connectivity index (χ4v) is 2.81. The lowest BCUT2D eigenvalue weighted by molar-refractivity contribution is -0.141. The van der Waals surface area contributed by atoms with E-state index in [0.29, 0.717) is 24.9 Å². The van der Waals surface area contributed by atoms with Gasteiger partial charge in [0.05, 0.1) is 11.6 Å². The molecule has 1 saturated carbocycles. The predicted molar refractivity (Wildman–Crippen MR) is 80.7 cm³/mol. The van der Waals surface area contributed by atoms with Crippen molar-refractivity contribution in [2.75, 3.05) is 5.32 Å². The maximum Gasteiger partial charge on any atom is 0.306 e. The fourth-order valence-electron chi connectivity index (χ4n) is 2.81. The second-order valence-electron chi connectivity index (χ2n) is 5.53. The van der Waals surface area contributed by atoms with Gasteiger partial charge in [0.15, 0.2) is 0 Å². The average Bonchev–Trinajstić information content (AvgIpc) is 3.20. The Morgan fingerprint density at radius 2 is 1.91 bits per heavy atom. The molecule has 1 fully saturated rings. The zero-order valence-corrected chi connectivity index (χ0v) is 12.0. The molecule has 1 amide bonds. The molecular formula is C16H17N3O3. The van der Waals surface area contributed by atoms with Crippen molar-refractivity contribution < 1.29 is 14.7 Å². The fraction of sp³-hybridized carbons (Fsp3) is 0.312. The van der Waals surface area contributed by atoms with Gasteiger partial charge in [-0.1, -0.05) is 0 Å². The van der Waals surface area contributed by atoms with Crippen LogP contribution in [0.25, 0.3) is 5.69 Å². The van der Waals surface area contributed by atoms with Crippen LogP contribution in [0.15, 0.2) is 42.7 Å². The first kappa shape index (κ1) is 14.3. The summed E-state index contributed by atoms with van der Waals surface area (Å²) in [6.45, 7) is 0. The number of hydrogen-bond donors (Lipinski definition) is 2. The van der Waals surface area contributed by atoms with E-state index in [2.05, 4.69) is 10.4 Å². The van der Waals surface area contributed by atoms with Crippen molar-refractivity contribution in [3.63, 3.8) is 0 Å². The maximum atomic E-state index is 12.2. The van der Waals surface area contributed by atoms with Gasteiger partial charge >= 0.3 is 5.97 Å². The summed E-state index contributed by atoms with van der Waals surface area (Å²) in [5.41, 5.74) is 1.62. The Kier molecular flexibility index (Phi) is 3.91. The molecule has 0 bridgehead atoms. The number of aliphatic carboxylic acids is 1. The molecule has 0 radical (unpaired) electrons. The molecule has 1 heterocycles. The molecule has 2 atom stereocenters. The number of amides is 1. The van der Waals surface area contributed by atoms with Crippen molar-refractivity contribution in [1.82, 2.24) is 9.78 Å². The molecule has 2 aromatic rings. The SMILES string of the molecule is O=C(O)[C@@H]1CC[C@H](C(=O)Nc2ccc(-n3cccn3)cc2)C1. The number of carbonyl (C=O) groups excluding carboxylic acids is 1. The highest BCUT2D eigenvalue weighted by Gasteiger charge is 2.33. The molecule has 3 rings (SSSR count). The molecule has 6 nitrogen and oxygen atoms in total. The van der Waals surface area contributed by atoms with Crippen LogP contribution in [0.1, 0.15) is 19.3 Å². The van der Waals surface area contributed by atoms with Crippen molar-refractivity contribution in [1.29, 1.82) is 0 Å². The smallest absolute Gasteiger partial charge is 0.306 e. The number of hydrogen-bond acceptors (Lipinski definition) is 3. The van der Waals surface area contributed by atoms with Gasteiger partial charge in [-0.3, -0.25) is 9.59 Å². The summed E-state index contributed by atoms with van der Waals surface area (Å²) in [5.74, 6) is -1.51. The molecule has 2 N–H and O–H groups in total. The van der Waals surface area contributed by atoms with Crippen LogP contribution in [0.3, 0.4) is 0 Å². The van der Waals surface area contributed by atoms with Gasteiger partial charge in [-0.15, -0.1) is 0 Å². The first-order valence-electron chi connectivity index (χ1n) is 7.27. The van der Waals surface area contributed by atoms with Gasteiger partial charge in [0.25, 0.3) is 0 Å². The summed E-state index contributed by atoms with van der Waals surface area (Å²) < 4.78 is 1.74. The standard InChI is InChI=1S/C16H17N3O3/c20-15(11-2-3-12(10-11)16(21)22)18-13-4-6-14(7-5-13)19-9-1-8-17-19/h1,4-9,11-12H,2-3,10H2,(H,18,20)(H,21,22)/t11-,12+/m0/s1. The van der Waals surface area contributed by atoms with Gasteiger partial charge in [-0.25, -0.2) is 4.68 Å². The highest BCUT2D eigenvalue weighted by molar-refractivity contribution is 5.93. The van der Waals surface area contributed by atoms with Crippen LogP contribution in [0.5, 0.6) is 0 Å². The Bertz CT molecular complexity index is 664. The van der Waals surface area contributed by atoms with Gasteiger partial charge in [-0.05, 0) is 49.6 Å². The molecule has 0 unspecified atom stereocenters. The molecule has 1 aromatic carbocycles. The van der Waals surface area contributed by atoms with Crippen LogP contribution in [-0.4, -0.2) is 26.8 Å². The van der Waals surface area contributed by atoms with Crippen LogP contribution in [0.2, 0.25) is 0 Å². The van der Waals surface area contributed by atoms with Gasteiger partial charge in [0.2, 0.25) is 5.91 Å². The number of benzene rings is 1. The second kappa shape index (κ2) is 6.01. The van der Waals surface area contributed by atoms with Gasteiger partial charge < -0.3 is 10.4 Å². The largest absolute Gasteiger partial charge is 0.481 e. The van der Waals surface area contributed by atoms with Crippen LogP contribution < -0.4 is 5.32 Å². The lowest BCUT2D eigenvalue weighted by atomic mass is 10.0. The molecule has 0 spiro atoms. The number of nitrogens with one attached hydrogen (secondary N) is 1. The number of anilines is 1. The van der Waals surface area contributed by atoms with Gasteiger partial charge in [-0.2, -0.15) is 5.10 Å². The Hall–Kier alpha value is -2.63. The van der Waals surface area contributed by atoms with Crippen molar-refractivity contribution in [3.8, 4) is 5.69 Å². The quantitative estimate of drug-likeness (QED) is 0.907. The highest BCUT2D eigenvalue weighted by Crippen LogP contribution is 2.31. The minimum Gasteiger partial charge on any atom is -0.481 e. The molecular weight excluding hydrogens is 282 g/mol. The molecule has 6 heteroatoms. The number of aromatic nitrogens is 2. The summed E-state index contributed by atoms with van der Waals surface area (Å²) >= 11 is 0. The van der Waals surface area contributed by atoms with Crippen LogP contribution in [0.4, 0.5) is 5.69 Å². The van der Waals surface area contributed by atoms with E-state index in [4.69, 9.17) is 5.11 Å². The Morgan fingerprint density at radius 3 is 2.50 bits per heavy atom. The molecule has 0 aliphatic heterocycles. The van der Waals surface area contributed by atoms with E-state index in [-0.39, 0.29) is 11.8 Å². The van der Waals surface area contributed by atoms with Crippen molar-refractivity contribution in [2.24, 2.45) is 11.8 Å². The van der Waals surface area contributed by atoms with Crippen molar-refractivity contribution in [2.45, 2.75) is 19.3 Å². The first-order valence-corrected chi connectivity index (χ1v) is 7.27. The third-order valence-corrected chi connectivity index (χ3v) is 4.06. The summed E-state index contributed by atoms with van der Waals surface area (Å²) in [6.07, 6.45) is 5.18. The minimum absolute atomic E-state index is 0.101. The summed E-state index contributed by atoms with van der Waals surface area (Å²) in [5, 5.41) is 16.0. The third-order valence-electron chi connectivity index (χ3n) is 4.06. The van der Waals surface area contributed by atoms with E-state index in [9.17, 15) is 9.59 Å². The second-order valence-corrected chi connectivity index (χ2v) is 5.53. The molecule has 1 aromatic heterocycles. The molecule has 114 valence electrons. The molecule has 1 aliphatic carbocycles. The normalized spacial score (nSPS) is 20.7. The van der Waals surface area contributed by atoms with Crippen molar-refractivity contribution >= 4 is 17.6 Å². The summed E-state index contributed by atoms with van der Waals surface area (Å²) in [7, 11) is 0.